The predicted octanol–water partition coefficient (Wildman–Crippen LogP) is 0.708. The van der Waals surface area contributed by atoms with E-state index in [2.05, 4.69) is 10.3 Å². The lowest BCUT2D eigenvalue weighted by atomic mass is 9.85. The monoisotopic (exact) mass is 295 g/mol. The number of rotatable bonds is 4. The van der Waals surface area contributed by atoms with E-state index in [-0.39, 0.29) is 17.8 Å². The van der Waals surface area contributed by atoms with E-state index < -0.39 is 22.0 Å². The fraction of sp³-hybridized carbons (Fsp3) is 0.538. The maximum Gasteiger partial charge on any atom is 0.286 e. The predicted molar refractivity (Wildman–Crippen MR) is 74.1 cm³/mol. The number of nitrogens with one attached hydrogen (secondary N) is 2. The van der Waals surface area contributed by atoms with Gasteiger partial charge in [0.05, 0.1) is 16.7 Å². The van der Waals surface area contributed by atoms with Gasteiger partial charge in [-0.2, -0.15) is 0 Å². The Kier molecular flexibility index (Phi) is 4.37. The lowest BCUT2D eigenvalue weighted by Crippen LogP contribution is -2.45. The van der Waals surface area contributed by atoms with Gasteiger partial charge in [0, 0.05) is 12.6 Å². The summed E-state index contributed by atoms with van der Waals surface area (Å²) < 4.78 is 0. The van der Waals surface area contributed by atoms with E-state index >= 15 is 0 Å². The molecule has 1 amide bonds. The summed E-state index contributed by atoms with van der Waals surface area (Å²) >= 11 is 0. The van der Waals surface area contributed by atoms with Crippen molar-refractivity contribution >= 4 is 11.6 Å². The van der Waals surface area contributed by atoms with Gasteiger partial charge >= 0.3 is 0 Å². The molecule has 1 fully saturated rings. The minimum absolute atomic E-state index is 0.0357. The van der Waals surface area contributed by atoms with Crippen molar-refractivity contribution in [1.82, 2.24) is 10.3 Å². The number of nitrogens with zero attached hydrogens (tertiary/aromatic N) is 1. The normalized spacial score (nSPS) is 17.2. The van der Waals surface area contributed by atoms with Gasteiger partial charge in [-0.25, -0.2) is 0 Å². The van der Waals surface area contributed by atoms with E-state index in [9.17, 15) is 24.8 Å². The Bertz CT molecular complexity index is 604. The van der Waals surface area contributed by atoms with E-state index in [1.807, 2.05) is 0 Å². The Labute approximate surface area is 120 Å². The third kappa shape index (κ3) is 3.66. The maximum absolute atomic E-state index is 12.0. The molecule has 0 radical (unpaired) electrons. The minimum Gasteiger partial charge on any atom is -0.388 e. The number of hydrogen-bond donors (Lipinski definition) is 3. The van der Waals surface area contributed by atoms with Crippen molar-refractivity contribution in [3.8, 4) is 0 Å². The number of aliphatic hydroxyl groups is 1. The smallest absolute Gasteiger partial charge is 0.286 e. The minimum atomic E-state index is -0.957. The molecule has 0 saturated heterocycles. The van der Waals surface area contributed by atoms with Crippen molar-refractivity contribution in [3.05, 3.63) is 38.3 Å². The van der Waals surface area contributed by atoms with Crippen molar-refractivity contribution in [3.63, 3.8) is 0 Å². The first-order valence-electron chi connectivity index (χ1n) is 6.79. The first kappa shape index (κ1) is 15.2. The first-order chi connectivity index (χ1) is 9.91. The molecule has 1 aliphatic rings. The van der Waals surface area contributed by atoms with Crippen LogP contribution in [0.25, 0.3) is 0 Å². The van der Waals surface area contributed by atoms with Crippen LogP contribution in [0.15, 0.2) is 17.1 Å². The Morgan fingerprint density at radius 1 is 1.43 bits per heavy atom. The zero-order chi connectivity index (χ0) is 15.5. The van der Waals surface area contributed by atoms with Crippen LogP contribution in [-0.4, -0.2) is 33.1 Å². The quantitative estimate of drug-likeness (QED) is 0.557. The van der Waals surface area contributed by atoms with Crippen LogP contribution in [0, 0.1) is 10.1 Å². The van der Waals surface area contributed by atoms with Crippen molar-refractivity contribution in [1.29, 1.82) is 0 Å². The van der Waals surface area contributed by atoms with E-state index in [1.54, 1.807) is 0 Å². The highest BCUT2D eigenvalue weighted by atomic mass is 16.6. The van der Waals surface area contributed by atoms with E-state index in [4.69, 9.17) is 0 Å². The second kappa shape index (κ2) is 6.04. The average Bonchev–Trinajstić information content (AvgIpc) is 2.46. The van der Waals surface area contributed by atoms with Crippen molar-refractivity contribution in [2.45, 2.75) is 37.7 Å². The molecule has 0 spiro atoms. The summed E-state index contributed by atoms with van der Waals surface area (Å²) in [5, 5.41) is 23.4. The van der Waals surface area contributed by atoms with Crippen LogP contribution in [0.3, 0.4) is 0 Å². The summed E-state index contributed by atoms with van der Waals surface area (Å²) in [6.07, 6.45) is 4.97. The number of carbonyl (C=O) groups is 1. The highest BCUT2D eigenvalue weighted by molar-refractivity contribution is 5.94. The number of carbonyl (C=O) groups excluding carboxylic acids is 1. The molecular formula is C13H17N3O5. The largest absolute Gasteiger partial charge is 0.388 e. The number of nitro groups is 1. The molecule has 1 heterocycles. The van der Waals surface area contributed by atoms with Crippen molar-refractivity contribution in [2.24, 2.45) is 0 Å². The summed E-state index contributed by atoms with van der Waals surface area (Å²) in [4.78, 5) is 35.6. The molecule has 1 saturated carbocycles. The molecule has 114 valence electrons. The molecule has 0 unspecified atom stereocenters. The summed E-state index contributed by atoms with van der Waals surface area (Å²) in [6, 6.07) is 0.930. The molecule has 0 atom stereocenters. The van der Waals surface area contributed by atoms with Gasteiger partial charge in [0.1, 0.15) is 5.56 Å². The molecule has 1 aliphatic carbocycles. The van der Waals surface area contributed by atoms with Crippen molar-refractivity contribution in [2.75, 3.05) is 6.54 Å². The lowest BCUT2D eigenvalue weighted by molar-refractivity contribution is -0.385. The van der Waals surface area contributed by atoms with Crippen LogP contribution in [0.2, 0.25) is 0 Å². The zero-order valence-electron chi connectivity index (χ0n) is 11.4. The third-order valence-electron chi connectivity index (χ3n) is 3.71. The Morgan fingerprint density at radius 2 is 2.10 bits per heavy atom. The third-order valence-corrected chi connectivity index (χ3v) is 3.71. The molecular weight excluding hydrogens is 278 g/mol. The zero-order valence-corrected chi connectivity index (χ0v) is 11.4. The molecule has 8 heteroatoms. The second-order valence-corrected chi connectivity index (χ2v) is 5.33. The molecule has 8 nitrogen and oxygen atoms in total. The summed E-state index contributed by atoms with van der Waals surface area (Å²) in [7, 11) is 0. The van der Waals surface area contributed by atoms with Gasteiger partial charge in [-0.1, -0.05) is 19.3 Å². The summed E-state index contributed by atoms with van der Waals surface area (Å²) in [5.41, 5.74) is -2.35. The van der Waals surface area contributed by atoms with Crippen LogP contribution in [0.4, 0.5) is 5.69 Å². The molecule has 0 bridgehead atoms. The fourth-order valence-electron chi connectivity index (χ4n) is 2.47. The van der Waals surface area contributed by atoms with Crippen molar-refractivity contribution < 1.29 is 14.8 Å². The van der Waals surface area contributed by atoms with Crippen LogP contribution < -0.4 is 10.9 Å². The molecule has 21 heavy (non-hydrogen) atoms. The fourth-order valence-corrected chi connectivity index (χ4v) is 2.47. The Morgan fingerprint density at radius 3 is 2.71 bits per heavy atom. The van der Waals surface area contributed by atoms with Crippen LogP contribution in [-0.2, 0) is 0 Å². The Balaban J connectivity index is 2.08. The van der Waals surface area contributed by atoms with Gasteiger partial charge in [-0.3, -0.25) is 19.7 Å². The number of pyridine rings is 1. The van der Waals surface area contributed by atoms with Gasteiger partial charge in [0.2, 0.25) is 0 Å². The van der Waals surface area contributed by atoms with Gasteiger partial charge in [0.15, 0.2) is 0 Å². The molecule has 0 aromatic carbocycles. The Hall–Kier alpha value is -2.22. The molecule has 1 aromatic heterocycles. The van der Waals surface area contributed by atoms with Gasteiger partial charge < -0.3 is 15.4 Å². The lowest BCUT2D eigenvalue weighted by Gasteiger charge is -2.32. The van der Waals surface area contributed by atoms with E-state index in [1.165, 1.54) is 0 Å². The average molecular weight is 295 g/mol. The standard InChI is InChI=1S/C13H17N3O5/c17-11-10(6-9(7-14-11)16(20)21)12(18)15-8-13(19)4-2-1-3-5-13/h6-7,19H,1-5,8H2,(H,14,17)(H,15,18). The van der Waals surface area contributed by atoms with Gasteiger partial charge in [-0.05, 0) is 12.8 Å². The highest BCUT2D eigenvalue weighted by Crippen LogP contribution is 2.27. The number of aromatic nitrogens is 1. The van der Waals surface area contributed by atoms with E-state index in [0.29, 0.717) is 12.8 Å². The summed E-state index contributed by atoms with van der Waals surface area (Å²) in [6.45, 7) is 0.0357. The number of aromatic amines is 1. The number of hydrogen-bond acceptors (Lipinski definition) is 5. The van der Waals surface area contributed by atoms with Gasteiger partial charge in [-0.15, -0.1) is 0 Å². The van der Waals surface area contributed by atoms with Crippen LogP contribution in [0.5, 0.6) is 0 Å². The molecule has 1 aromatic rings. The topological polar surface area (TPSA) is 125 Å². The number of amides is 1. The molecule has 3 N–H and O–H groups in total. The highest BCUT2D eigenvalue weighted by Gasteiger charge is 2.30. The summed E-state index contributed by atoms with van der Waals surface area (Å²) in [5.74, 6) is -0.723. The molecule has 0 aliphatic heterocycles. The van der Waals surface area contributed by atoms with Crippen LogP contribution >= 0.6 is 0 Å². The van der Waals surface area contributed by atoms with Gasteiger partial charge in [0.25, 0.3) is 17.2 Å². The second-order valence-electron chi connectivity index (χ2n) is 5.33. The first-order valence-corrected chi connectivity index (χ1v) is 6.79. The van der Waals surface area contributed by atoms with Crippen LogP contribution in [0.1, 0.15) is 42.5 Å². The maximum atomic E-state index is 12.0. The molecule has 2 rings (SSSR count). The SMILES string of the molecule is O=C(NCC1(O)CCCCC1)c1cc([N+](=O)[O-])c[nH]c1=O. The number of H-pyrrole nitrogens is 1. The van der Waals surface area contributed by atoms with E-state index in [0.717, 1.165) is 31.5 Å².